The van der Waals surface area contributed by atoms with Crippen LogP contribution in [0.2, 0.25) is 0 Å². The monoisotopic (exact) mass is 224 g/mol. The first kappa shape index (κ1) is 11.8. The lowest BCUT2D eigenvalue weighted by molar-refractivity contribution is 0.311. The van der Waals surface area contributed by atoms with Crippen molar-refractivity contribution in [3.05, 3.63) is 60.2 Å². The molecule has 0 saturated carbocycles. The van der Waals surface area contributed by atoms with Gasteiger partial charge in [0.05, 0.1) is 6.61 Å². The molecule has 0 aliphatic rings. The lowest BCUT2D eigenvalue weighted by Gasteiger charge is -2.06. The molecule has 0 aromatic heterocycles. The molecule has 0 atom stereocenters. The van der Waals surface area contributed by atoms with Gasteiger partial charge in [0.2, 0.25) is 0 Å². The maximum absolute atomic E-state index is 5.68. The highest BCUT2D eigenvalue weighted by Crippen LogP contribution is 2.08. The Morgan fingerprint density at radius 3 is 2.29 bits per heavy atom. The van der Waals surface area contributed by atoms with Crippen LogP contribution in [0.3, 0.4) is 0 Å². The lowest BCUT2D eigenvalue weighted by Crippen LogP contribution is -2.03. The van der Waals surface area contributed by atoms with Gasteiger partial charge in [0, 0.05) is 0 Å². The van der Waals surface area contributed by atoms with Gasteiger partial charge in [-0.05, 0) is 30.5 Å². The third kappa shape index (κ3) is 3.99. The van der Waals surface area contributed by atoms with Gasteiger partial charge in [-0.2, -0.15) is 0 Å². The van der Waals surface area contributed by atoms with Crippen LogP contribution in [-0.4, -0.2) is 14.5 Å². The summed E-state index contributed by atoms with van der Waals surface area (Å²) in [5.41, 5.74) is 2.64. The van der Waals surface area contributed by atoms with Crippen molar-refractivity contribution in [2.24, 2.45) is 0 Å². The van der Waals surface area contributed by atoms with Crippen molar-refractivity contribution >= 4 is 13.3 Å². The summed E-state index contributed by atoms with van der Waals surface area (Å²) in [6.07, 6.45) is 2.13. The standard InChI is InChI=1S/C15H17BO/c16-14-8-10-15(11-9-14)17-12-4-7-13-5-2-1-3-6-13/h1-3,5-6,8-11H,4,7,12,16H2. The Labute approximate surface area is 104 Å². The summed E-state index contributed by atoms with van der Waals surface area (Å²) in [5, 5.41) is 0. The van der Waals surface area contributed by atoms with Crippen LogP contribution >= 0.6 is 0 Å². The summed E-state index contributed by atoms with van der Waals surface area (Å²) in [4.78, 5) is 0. The number of hydrogen-bond acceptors (Lipinski definition) is 1. The molecule has 0 amide bonds. The minimum atomic E-state index is 0.776. The van der Waals surface area contributed by atoms with E-state index in [1.807, 2.05) is 18.2 Å². The fourth-order valence-electron chi connectivity index (χ4n) is 1.75. The molecule has 2 rings (SSSR count). The summed E-state index contributed by atoms with van der Waals surface area (Å²) in [6.45, 7) is 0.776. The minimum absolute atomic E-state index is 0.776. The molecule has 0 heterocycles. The molecule has 17 heavy (non-hydrogen) atoms. The van der Waals surface area contributed by atoms with Gasteiger partial charge < -0.3 is 4.74 Å². The van der Waals surface area contributed by atoms with E-state index in [1.54, 1.807) is 0 Å². The SMILES string of the molecule is Bc1ccc(OCCCc2ccccc2)cc1. The molecule has 0 aliphatic carbocycles. The number of hydrogen-bond donors (Lipinski definition) is 0. The third-order valence-electron chi connectivity index (χ3n) is 2.74. The molecular formula is C15H17BO. The van der Waals surface area contributed by atoms with Crippen LogP contribution in [0.25, 0.3) is 0 Å². The maximum atomic E-state index is 5.68. The lowest BCUT2D eigenvalue weighted by atomic mass is 9.97. The number of rotatable bonds is 5. The molecular weight excluding hydrogens is 207 g/mol. The van der Waals surface area contributed by atoms with E-state index < -0.39 is 0 Å². The molecule has 2 heteroatoms. The highest BCUT2D eigenvalue weighted by Gasteiger charge is 1.94. The first-order chi connectivity index (χ1) is 8.34. The Morgan fingerprint density at radius 2 is 1.59 bits per heavy atom. The second-order valence-corrected chi connectivity index (χ2v) is 4.25. The van der Waals surface area contributed by atoms with Crippen molar-refractivity contribution in [3.8, 4) is 5.75 Å². The fourth-order valence-corrected chi connectivity index (χ4v) is 1.75. The molecule has 2 aromatic rings. The molecule has 0 aliphatic heterocycles. The van der Waals surface area contributed by atoms with E-state index in [1.165, 1.54) is 11.0 Å². The second kappa shape index (κ2) is 6.14. The molecule has 0 unspecified atom stereocenters. The van der Waals surface area contributed by atoms with Crippen LogP contribution in [0, 0.1) is 0 Å². The molecule has 0 radical (unpaired) electrons. The predicted molar refractivity (Wildman–Crippen MR) is 74.9 cm³/mol. The summed E-state index contributed by atoms with van der Waals surface area (Å²) >= 11 is 0. The average Bonchev–Trinajstić information content (AvgIpc) is 2.38. The maximum Gasteiger partial charge on any atom is 0.139 e. The van der Waals surface area contributed by atoms with Crippen molar-refractivity contribution in [1.29, 1.82) is 0 Å². The Kier molecular flexibility index (Phi) is 4.26. The van der Waals surface area contributed by atoms with Crippen molar-refractivity contribution in [1.82, 2.24) is 0 Å². The fraction of sp³-hybridized carbons (Fsp3) is 0.200. The van der Waals surface area contributed by atoms with Gasteiger partial charge in [-0.3, -0.25) is 0 Å². The zero-order valence-corrected chi connectivity index (χ0v) is 10.2. The van der Waals surface area contributed by atoms with Crippen LogP contribution in [0.1, 0.15) is 12.0 Å². The first-order valence-corrected chi connectivity index (χ1v) is 6.08. The van der Waals surface area contributed by atoms with Crippen molar-refractivity contribution in [3.63, 3.8) is 0 Å². The normalized spacial score (nSPS) is 10.1. The molecule has 1 nitrogen and oxygen atoms in total. The van der Waals surface area contributed by atoms with Gasteiger partial charge in [0.1, 0.15) is 13.6 Å². The van der Waals surface area contributed by atoms with Gasteiger partial charge in [0.25, 0.3) is 0 Å². The summed E-state index contributed by atoms with van der Waals surface area (Å²) in [7, 11) is 2.08. The van der Waals surface area contributed by atoms with Gasteiger partial charge in [0.15, 0.2) is 0 Å². The van der Waals surface area contributed by atoms with Crippen molar-refractivity contribution in [2.45, 2.75) is 12.8 Å². The summed E-state index contributed by atoms with van der Waals surface area (Å²) in [5.74, 6) is 0.962. The van der Waals surface area contributed by atoms with Gasteiger partial charge >= 0.3 is 0 Å². The predicted octanol–water partition coefficient (Wildman–Crippen LogP) is 1.96. The highest BCUT2D eigenvalue weighted by molar-refractivity contribution is 6.32. The average molecular weight is 224 g/mol. The topological polar surface area (TPSA) is 9.23 Å². The molecule has 0 fully saturated rings. The summed E-state index contributed by atoms with van der Waals surface area (Å²) < 4.78 is 5.68. The molecule has 0 bridgehead atoms. The van der Waals surface area contributed by atoms with Crippen LogP contribution in [0.4, 0.5) is 0 Å². The smallest absolute Gasteiger partial charge is 0.139 e. The quantitative estimate of drug-likeness (QED) is 0.557. The van der Waals surface area contributed by atoms with Crippen LogP contribution < -0.4 is 10.2 Å². The minimum Gasteiger partial charge on any atom is -0.494 e. The Balaban J connectivity index is 1.71. The molecule has 0 spiro atoms. The zero-order chi connectivity index (χ0) is 11.9. The van der Waals surface area contributed by atoms with E-state index in [0.29, 0.717) is 0 Å². The van der Waals surface area contributed by atoms with Crippen LogP contribution in [0.15, 0.2) is 54.6 Å². The highest BCUT2D eigenvalue weighted by atomic mass is 16.5. The molecule has 2 aromatic carbocycles. The number of aryl methyl sites for hydroxylation is 1. The van der Waals surface area contributed by atoms with E-state index >= 15 is 0 Å². The molecule has 0 saturated heterocycles. The van der Waals surface area contributed by atoms with Gasteiger partial charge in [-0.15, -0.1) is 0 Å². The number of benzene rings is 2. The Morgan fingerprint density at radius 1 is 0.882 bits per heavy atom. The van der Waals surface area contributed by atoms with Gasteiger partial charge in [-0.1, -0.05) is 47.9 Å². The van der Waals surface area contributed by atoms with Gasteiger partial charge in [-0.25, -0.2) is 0 Å². The first-order valence-electron chi connectivity index (χ1n) is 6.08. The van der Waals surface area contributed by atoms with E-state index in [4.69, 9.17) is 4.74 Å². The Hall–Kier alpha value is -1.70. The third-order valence-corrected chi connectivity index (χ3v) is 2.74. The van der Waals surface area contributed by atoms with E-state index in [9.17, 15) is 0 Å². The molecule has 86 valence electrons. The largest absolute Gasteiger partial charge is 0.494 e. The molecule has 0 N–H and O–H groups in total. The number of ether oxygens (including phenoxy) is 1. The van der Waals surface area contributed by atoms with Crippen LogP contribution in [-0.2, 0) is 6.42 Å². The zero-order valence-electron chi connectivity index (χ0n) is 10.2. The Bertz CT molecular complexity index is 436. The van der Waals surface area contributed by atoms with E-state index in [-0.39, 0.29) is 0 Å². The van der Waals surface area contributed by atoms with Crippen molar-refractivity contribution in [2.75, 3.05) is 6.61 Å². The van der Waals surface area contributed by atoms with E-state index in [2.05, 4.69) is 44.2 Å². The van der Waals surface area contributed by atoms with Crippen molar-refractivity contribution < 1.29 is 4.74 Å². The van der Waals surface area contributed by atoms with E-state index in [0.717, 1.165) is 25.2 Å². The van der Waals surface area contributed by atoms with Crippen LogP contribution in [0.5, 0.6) is 5.75 Å². The second-order valence-electron chi connectivity index (χ2n) is 4.25. The summed E-state index contributed by atoms with van der Waals surface area (Å²) in [6, 6.07) is 18.7.